The summed E-state index contributed by atoms with van der Waals surface area (Å²) in [5.41, 5.74) is 0. The van der Waals surface area contributed by atoms with E-state index in [1.807, 2.05) is 0 Å². The standard InChI is InChI=1S/C6H2N2O2/c7-3-5(9)1-2-6(10)4-8/h1-2H/b2-1+. The predicted molar refractivity (Wildman–Crippen MR) is 30.4 cm³/mol. The SMILES string of the molecule is N#CC(=O)/C=C/C(=O)C#N. The molecule has 0 spiro atoms. The van der Waals surface area contributed by atoms with Gasteiger partial charge < -0.3 is 0 Å². The van der Waals surface area contributed by atoms with E-state index in [-0.39, 0.29) is 0 Å². The zero-order valence-electron chi connectivity index (χ0n) is 4.87. The topological polar surface area (TPSA) is 81.7 Å². The van der Waals surface area contributed by atoms with E-state index >= 15 is 0 Å². The molecule has 0 aromatic heterocycles. The first-order valence-corrected chi connectivity index (χ1v) is 2.27. The third-order valence-electron chi connectivity index (χ3n) is 0.606. The van der Waals surface area contributed by atoms with E-state index in [2.05, 4.69) is 0 Å². The van der Waals surface area contributed by atoms with Crippen LogP contribution in [0.2, 0.25) is 0 Å². The minimum atomic E-state index is -0.844. The summed E-state index contributed by atoms with van der Waals surface area (Å²) >= 11 is 0. The Balaban J connectivity index is 4.07. The highest BCUT2D eigenvalue weighted by molar-refractivity contribution is 6.10. The Labute approximate surface area is 57.0 Å². The molecule has 0 radical (unpaired) electrons. The Hall–Kier alpha value is -1.94. The van der Waals surface area contributed by atoms with Gasteiger partial charge in [0.25, 0.3) is 11.6 Å². The normalized spacial score (nSPS) is 8.20. The van der Waals surface area contributed by atoms with Crippen molar-refractivity contribution < 1.29 is 9.59 Å². The Morgan fingerprint density at radius 1 is 1.00 bits per heavy atom. The van der Waals surface area contributed by atoms with Crippen molar-refractivity contribution in [3.05, 3.63) is 12.2 Å². The van der Waals surface area contributed by atoms with Crippen molar-refractivity contribution in [1.82, 2.24) is 0 Å². The average Bonchev–Trinajstić information content (AvgIpc) is 1.99. The number of allylic oxidation sites excluding steroid dienone is 2. The van der Waals surface area contributed by atoms with Crippen molar-refractivity contribution >= 4 is 11.6 Å². The fraction of sp³-hybridized carbons (Fsp3) is 0. The van der Waals surface area contributed by atoms with E-state index < -0.39 is 11.6 Å². The van der Waals surface area contributed by atoms with Crippen LogP contribution in [0.15, 0.2) is 12.2 Å². The fourth-order valence-electron chi connectivity index (χ4n) is 0.226. The van der Waals surface area contributed by atoms with Gasteiger partial charge in [-0.15, -0.1) is 0 Å². The lowest BCUT2D eigenvalue weighted by Gasteiger charge is -1.71. The quantitative estimate of drug-likeness (QED) is 0.384. The van der Waals surface area contributed by atoms with E-state index in [0.29, 0.717) is 0 Å². The van der Waals surface area contributed by atoms with Gasteiger partial charge in [-0.3, -0.25) is 9.59 Å². The summed E-state index contributed by atoms with van der Waals surface area (Å²) in [6, 6.07) is 2.51. The number of nitriles is 2. The van der Waals surface area contributed by atoms with Gasteiger partial charge in [0.15, 0.2) is 0 Å². The molecule has 0 aliphatic carbocycles. The van der Waals surface area contributed by atoms with Crippen molar-refractivity contribution in [2.24, 2.45) is 0 Å². The van der Waals surface area contributed by atoms with Crippen LogP contribution in [0.3, 0.4) is 0 Å². The van der Waals surface area contributed by atoms with Gasteiger partial charge in [-0.1, -0.05) is 0 Å². The van der Waals surface area contributed by atoms with Crippen molar-refractivity contribution in [3.8, 4) is 12.1 Å². The minimum Gasteiger partial charge on any atom is -0.278 e. The van der Waals surface area contributed by atoms with Gasteiger partial charge in [0, 0.05) is 12.2 Å². The molecule has 0 saturated carbocycles. The van der Waals surface area contributed by atoms with Crippen molar-refractivity contribution in [3.63, 3.8) is 0 Å². The summed E-state index contributed by atoms with van der Waals surface area (Å²) in [6.07, 6.45) is 1.51. The highest BCUT2D eigenvalue weighted by Crippen LogP contribution is 1.76. The Morgan fingerprint density at radius 3 is 1.50 bits per heavy atom. The maximum Gasteiger partial charge on any atom is 0.255 e. The van der Waals surface area contributed by atoms with Gasteiger partial charge in [-0.2, -0.15) is 10.5 Å². The first-order valence-electron chi connectivity index (χ1n) is 2.27. The van der Waals surface area contributed by atoms with Crippen LogP contribution in [-0.4, -0.2) is 11.6 Å². The molecule has 0 N–H and O–H groups in total. The van der Waals surface area contributed by atoms with Gasteiger partial charge in [-0.25, -0.2) is 0 Å². The van der Waals surface area contributed by atoms with Gasteiger partial charge >= 0.3 is 0 Å². The number of carbonyl (C=O) groups is 2. The molecule has 0 aliphatic rings. The molecule has 0 aromatic carbocycles. The molecular weight excluding hydrogens is 132 g/mol. The fourth-order valence-corrected chi connectivity index (χ4v) is 0.226. The van der Waals surface area contributed by atoms with Crippen LogP contribution in [0.25, 0.3) is 0 Å². The monoisotopic (exact) mass is 134 g/mol. The number of nitrogens with zero attached hydrogens (tertiary/aromatic N) is 2. The van der Waals surface area contributed by atoms with Gasteiger partial charge in [0.2, 0.25) is 0 Å². The molecular formula is C6H2N2O2. The second-order valence-electron chi connectivity index (χ2n) is 1.29. The second-order valence-corrected chi connectivity index (χ2v) is 1.29. The van der Waals surface area contributed by atoms with Crippen LogP contribution < -0.4 is 0 Å². The van der Waals surface area contributed by atoms with E-state index in [1.54, 1.807) is 0 Å². The second kappa shape index (κ2) is 3.99. The minimum absolute atomic E-state index is 0.756. The Kier molecular flexibility index (Phi) is 3.22. The smallest absolute Gasteiger partial charge is 0.255 e. The van der Waals surface area contributed by atoms with Crippen LogP contribution >= 0.6 is 0 Å². The zero-order valence-corrected chi connectivity index (χ0v) is 4.87. The Bertz CT molecular complexity index is 236. The molecule has 4 nitrogen and oxygen atoms in total. The Morgan fingerprint density at radius 2 is 1.30 bits per heavy atom. The van der Waals surface area contributed by atoms with Crippen LogP contribution in [0, 0.1) is 22.7 Å². The van der Waals surface area contributed by atoms with Gasteiger partial charge in [-0.05, 0) is 0 Å². The molecule has 0 amide bonds. The lowest BCUT2D eigenvalue weighted by atomic mass is 10.3. The highest BCUT2D eigenvalue weighted by atomic mass is 16.1. The predicted octanol–water partition coefficient (Wildman–Crippen LogP) is -0.272. The van der Waals surface area contributed by atoms with Gasteiger partial charge in [0.1, 0.15) is 12.1 Å². The number of hydrogen-bond acceptors (Lipinski definition) is 4. The van der Waals surface area contributed by atoms with Crippen molar-refractivity contribution in [2.75, 3.05) is 0 Å². The highest BCUT2D eigenvalue weighted by Gasteiger charge is 1.93. The van der Waals surface area contributed by atoms with Crippen LogP contribution in [0.4, 0.5) is 0 Å². The van der Waals surface area contributed by atoms with Crippen LogP contribution in [-0.2, 0) is 9.59 Å². The number of hydrogen-bond donors (Lipinski definition) is 0. The molecule has 0 heterocycles. The summed E-state index contributed by atoms with van der Waals surface area (Å²) in [6.45, 7) is 0. The third-order valence-corrected chi connectivity index (χ3v) is 0.606. The van der Waals surface area contributed by atoms with E-state index in [0.717, 1.165) is 12.2 Å². The molecule has 0 rings (SSSR count). The molecule has 4 heteroatoms. The number of rotatable bonds is 2. The molecule has 0 atom stereocenters. The van der Waals surface area contributed by atoms with E-state index in [1.165, 1.54) is 12.1 Å². The molecule has 48 valence electrons. The van der Waals surface area contributed by atoms with Crippen LogP contribution in [0.5, 0.6) is 0 Å². The molecule has 0 bridgehead atoms. The maximum atomic E-state index is 10.1. The van der Waals surface area contributed by atoms with E-state index in [4.69, 9.17) is 10.5 Å². The first-order chi connectivity index (χ1) is 4.70. The number of carbonyl (C=O) groups excluding carboxylic acids is 2. The summed E-state index contributed by atoms with van der Waals surface area (Å²) in [7, 11) is 0. The molecule has 0 aromatic rings. The summed E-state index contributed by atoms with van der Waals surface area (Å²) in [5.74, 6) is -1.69. The zero-order chi connectivity index (χ0) is 7.98. The molecule has 10 heavy (non-hydrogen) atoms. The van der Waals surface area contributed by atoms with Crippen molar-refractivity contribution in [2.45, 2.75) is 0 Å². The largest absolute Gasteiger partial charge is 0.278 e. The van der Waals surface area contributed by atoms with Crippen LogP contribution in [0.1, 0.15) is 0 Å². The summed E-state index contributed by atoms with van der Waals surface area (Å²) in [5, 5.41) is 15.8. The van der Waals surface area contributed by atoms with E-state index in [9.17, 15) is 9.59 Å². The molecule has 0 unspecified atom stereocenters. The lowest BCUT2D eigenvalue weighted by molar-refractivity contribution is -0.111. The third kappa shape index (κ3) is 3.11. The molecule has 0 saturated heterocycles. The number of ketones is 2. The van der Waals surface area contributed by atoms with Crippen molar-refractivity contribution in [1.29, 1.82) is 10.5 Å². The molecule has 0 aliphatic heterocycles. The van der Waals surface area contributed by atoms with Gasteiger partial charge in [0.05, 0.1) is 0 Å². The first kappa shape index (κ1) is 8.06. The average molecular weight is 134 g/mol. The summed E-state index contributed by atoms with van der Waals surface area (Å²) in [4.78, 5) is 20.2. The summed E-state index contributed by atoms with van der Waals surface area (Å²) < 4.78 is 0. The lowest BCUT2D eigenvalue weighted by Crippen LogP contribution is -1.89. The maximum absolute atomic E-state index is 10.1. The molecule has 0 fully saturated rings.